The quantitative estimate of drug-likeness (QED) is 0.776. The van der Waals surface area contributed by atoms with Gasteiger partial charge in [0.15, 0.2) is 0 Å². The van der Waals surface area contributed by atoms with Crippen molar-refractivity contribution in [2.75, 3.05) is 26.2 Å². The number of amides is 2. The Balaban J connectivity index is 1.48. The molecular formula is C22H30N2O2. The maximum Gasteiger partial charge on any atom is 0.246 e. The lowest BCUT2D eigenvalue weighted by Gasteiger charge is -2.34. The van der Waals surface area contributed by atoms with Crippen molar-refractivity contribution in [1.29, 1.82) is 0 Å². The SMILES string of the molecule is O=C(C=Cc1ccccc1)N1CCC(C(=O)N2CCCCCCC2)CC1. The smallest absolute Gasteiger partial charge is 0.246 e. The Morgan fingerprint density at radius 2 is 1.42 bits per heavy atom. The van der Waals surface area contributed by atoms with Crippen LogP contribution in [0.4, 0.5) is 0 Å². The number of carbonyl (C=O) groups is 2. The molecule has 2 heterocycles. The monoisotopic (exact) mass is 354 g/mol. The highest BCUT2D eigenvalue weighted by atomic mass is 16.2. The maximum atomic E-state index is 12.8. The second kappa shape index (κ2) is 9.56. The van der Waals surface area contributed by atoms with E-state index in [-0.39, 0.29) is 11.8 Å². The van der Waals surface area contributed by atoms with Crippen LogP contribution >= 0.6 is 0 Å². The molecule has 0 radical (unpaired) electrons. The van der Waals surface area contributed by atoms with Gasteiger partial charge in [-0.2, -0.15) is 0 Å². The van der Waals surface area contributed by atoms with E-state index >= 15 is 0 Å². The molecule has 2 aliphatic rings. The Morgan fingerprint density at radius 3 is 2.08 bits per heavy atom. The number of likely N-dealkylation sites (tertiary alicyclic amines) is 2. The lowest BCUT2D eigenvalue weighted by Crippen LogP contribution is -2.44. The van der Waals surface area contributed by atoms with Gasteiger partial charge in [-0.05, 0) is 37.3 Å². The van der Waals surface area contributed by atoms with Crippen LogP contribution in [0.25, 0.3) is 6.08 Å². The number of benzene rings is 1. The van der Waals surface area contributed by atoms with Gasteiger partial charge < -0.3 is 9.80 Å². The first-order chi connectivity index (χ1) is 12.7. The van der Waals surface area contributed by atoms with Crippen molar-refractivity contribution >= 4 is 17.9 Å². The molecule has 2 saturated heterocycles. The number of hydrogen-bond donors (Lipinski definition) is 0. The molecule has 0 bridgehead atoms. The zero-order valence-corrected chi connectivity index (χ0v) is 15.6. The molecule has 4 nitrogen and oxygen atoms in total. The van der Waals surface area contributed by atoms with Crippen LogP contribution in [0.2, 0.25) is 0 Å². The van der Waals surface area contributed by atoms with E-state index in [0.717, 1.165) is 44.3 Å². The summed E-state index contributed by atoms with van der Waals surface area (Å²) in [4.78, 5) is 29.1. The standard InChI is InChI=1S/C22H30N2O2/c25-21(12-11-19-9-5-4-6-10-19)23-17-13-20(14-18-23)22(26)24-15-7-2-1-3-8-16-24/h4-6,9-12,20H,1-3,7-8,13-18H2. The number of piperidine rings is 1. The summed E-state index contributed by atoms with van der Waals surface area (Å²) in [5.74, 6) is 0.460. The Kier molecular flexibility index (Phi) is 6.87. The molecule has 0 spiro atoms. The molecule has 140 valence electrons. The molecule has 0 atom stereocenters. The molecule has 0 saturated carbocycles. The summed E-state index contributed by atoms with van der Waals surface area (Å²) < 4.78 is 0. The van der Waals surface area contributed by atoms with Gasteiger partial charge in [-0.3, -0.25) is 9.59 Å². The average Bonchev–Trinajstić information content (AvgIpc) is 2.66. The van der Waals surface area contributed by atoms with E-state index in [4.69, 9.17) is 0 Å². The van der Waals surface area contributed by atoms with E-state index in [0.29, 0.717) is 19.0 Å². The molecule has 0 aliphatic carbocycles. The van der Waals surface area contributed by atoms with Gasteiger partial charge in [0.1, 0.15) is 0 Å². The fourth-order valence-corrected chi connectivity index (χ4v) is 3.91. The molecule has 1 aromatic rings. The Morgan fingerprint density at radius 1 is 0.808 bits per heavy atom. The molecule has 0 N–H and O–H groups in total. The molecule has 3 rings (SSSR count). The lowest BCUT2D eigenvalue weighted by molar-refractivity contribution is -0.139. The van der Waals surface area contributed by atoms with E-state index in [9.17, 15) is 9.59 Å². The lowest BCUT2D eigenvalue weighted by atomic mass is 9.94. The first kappa shape index (κ1) is 18.7. The van der Waals surface area contributed by atoms with E-state index in [1.165, 1.54) is 19.3 Å². The molecule has 26 heavy (non-hydrogen) atoms. The normalized spacial score (nSPS) is 20.0. The summed E-state index contributed by atoms with van der Waals surface area (Å²) in [5, 5.41) is 0. The minimum Gasteiger partial charge on any atom is -0.342 e. The fraction of sp³-hybridized carbons (Fsp3) is 0.545. The zero-order valence-electron chi connectivity index (χ0n) is 15.6. The van der Waals surface area contributed by atoms with Crippen molar-refractivity contribution < 1.29 is 9.59 Å². The number of rotatable bonds is 3. The van der Waals surface area contributed by atoms with Crippen LogP contribution in [-0.4, -0.2) is 47.8 Å². The second-order valence-electron chi connectivity index (χ2n) is 7.44. The van der Waals surface area contributed by atoms with E-state index in [1.807, 2.05) is 41.3 Å². The highest BCUT2D eigenvalue weighted by molar-refractivity contribution is 5.92. The minimum atomic E-state index is 0.0472. The molecule has 0 aromatic heterocycles. The van der Waals surface area contributed by atoms with Gasteiger partial charge in [0, 0.05) is 38.2 Å². The van der Waals surface area contributed by atoms with Crippen molar-refractivity contribution in [2.45, 2.75) is 44.9 Å². The highest BCUT2D eigenvalue weighted by Crippen LogP contribution is 2.22. The number of nitrogens with zero attached hydrogens (tertiary/aromatic N) is 2. The topological polar surface area (TPSA) is 40.6 Å². The van der Waals surface area contributed by atoms with Gasteiger partial charge in [-0.1, -0.05) is 49.6 Å². The van der Waals surface area contributed by atoms with Gasteiger partial charge in [0.05, 0.1) is 0 Å². The van der Waals surface area contributed by atoms with E-state index < -0.39 is 0 Å². The first-order valence-electron chi connectivity index (χ1n) is 10.0. The van der Waals surface area contributed by atoms with Gasteiger partial charge in [0.25, 0.3) is 0 Å². The third-order valence-corrected chi connectivity index (χ3v) is 5.54. The van der Waals surface area contributed by atoms with Crippen LogP contribution in [0.1, 0.15) is 50.5 Å². The predicted molar refractivity (Wildman–Crippen MR) is 104 cm³/mol. The van der Waals surface area contributed by atoms with Crippen molar-refractivity contribution in [3.8, 4) is 0 Å². The summed E-state index contributed by atoms with van der Waals surface area (Å²) in [6.07, 6.45) is 11.1. The van der Waals surface area contributed by atoms with Crippen LogP contribution in [0, 0.1) is 5.92 Å². The van der Waals surface area contributed by atoms with E-state index in [1.54, 1.807) is 6.08 Å². The number of carbonyl (C=O) groups excluding carboxylic acids is 2. The van der Waals surface area contributed by atoms with Gasteiger partial charge in [0.2, 0.25) is 11.8 Å². The fourth-order valence-electron chi connectivity index (χ4n) is 3.91. The molecular weight excluding hydrogens is 324 g/mol. The summed E-state index contributed by atoms with van der Waals surface area (Å²) in [6, 6.07) is 9.86. The maximum absolute atomic E-state index is 12.8. The van der Waals surface area contributed by atoms with Crippen molar-refractivity contribution in [3.05, 3.63) is 42.0 Å². The zero-order chi connectivity index (χ0) is 18.2. The van der Waals surface area contributed by atoms with Gasteiger partial charge >= 0.3 is 0 Å². The molecule has 2 aliphatic heterocycles. The average molecular weight is 354 g/mol. The molecule has 1 aromatic carbocycles. The van der Waals surface area contributed by atoms with Crippen molar-refractivity contribution in [2.24, 2.45) is 5.92 Å². The highest BCUT2D eigenvalue weighted by Gasteiger charge is 2.29. The Bertz CT molecular complexity index is 610. The van der Waals surface area contributed by atoms with E-state index in [2.05, 4.69) is 4.90 Å². The molecule has 0 unspecified atom stereocenters. The third kappa shape index (κ3) is 5.20. The van der Waals surface area contributed by atoms with Crippen LogP contribution in [0.15, 0.2) is 36.4 Å². The Hall–Kier alpha value is -2.10. The summed E-state index contributed by atoms with van der Waals surface area (Å²) >= 11 is 0. The Labute approximate surface area is 156 Å². The molecule has 2 fully saturated rings. The van der Waals surface area contributed by atoms with Crippen LogP contribution in [-0.2, 0) is 9.59 Å². The van der Waals surface area contributed by atoms with Crippen LogP contribution in [0.5, 0.6) is 0 Å². The van der Waals surface area contributed by atoms with Crippen molar-refractivity contribution in [1.82, 2.24) is 9.80 Å². The van der Waals surface area contributed by atoms with Crippen LogP contribution < -0.4 is 0 Å². The minimum absolute atomic E-state index is 0.0472. The van der Waals surface area contributed by atoms with Gasteiger partial charge in [-0.15, -0.1) is 0 Å². The summed E-state index contributed by atoms with van der Waals surface area (Å²) in [6.45, 7) is 3.19. The van der Waals surface area contributed by atoms with Crippen molar-refractivity contribution in [3.63, 3.8) is 0 Å². The van der Waals surface area contributed by atoms with Gasteiger partial charge in [-0.25, -0.2) is 0 Å². The molecule has 2 amide bonds. The third-order valence-electron chi connectivity index (χ3n) is 5.54. The van der Waals surface area contributed by atoms with Crippen LogP contribution in [0.3, 0.4) is 0 Å². The summed E-state index contributed by atoms with van der Waals surface area (Å²) in [5.41, 5.74) is 1.03. The largest absolute Gasteiger partial charge is 0.342 e. The first-order valence-corrected chi connectivity index (χ1v) is 10.0. The second-order valence-corrected chi connectivity index (χ2v) is 7.44. The summed E-state index contributed by atoms with van der Waals surface area (Å²) in [7, 11) is 0. The molecule has 4 heteroatoms. The number of hydrogen-bond acceptors (Lipinski definition) is 2. The predicted octanol–water partition coefficient (Wildman–Crippen LogP) is 3.73.